The Morgan fingerprint density at radius 3 is 2.59 bits per heavy atom. The van der Waals surface area contributed by atoms with Gasteiger partial charge >= 0.3 is 5.97 Å². The Kier molecular flexibility index (Phi) is 8.64. The molecule has 0 aliphatic heterocycles. The van der Waals surface area contributed by atoms with Crippen molar-refractivity contribution in [2.75, 3.05) is 11.1 Å². The van der Waals surface area contributed by atoms with Crippen LogP contribution in [-0.2, 0) is 20.4 Å². The Hall–Kier alpha value is -1.53. The lowest BCUT2D eigenvalue weighted by atomic mass is 9.69. The van der Waals surface area contributed by atoms with Crippen LogP contribution in [0.3, 0.4) is 0 Å². The minimum Gasteiger partial charge on any atom is -0.481 e. The maximum absolute atomic E-state index is 13.2. The molecule has 2 N–H and O–H groups in total. The van der Waals surface area contributed by atoms with Gasteiger partial charge in [-0.3, -0.25) is 9.59 Å². The third kappa shape index (κ3) is 6.85. The van der Waals surface area contributed by atoms with Crippen LogP contribution in [0.2, 0.25) is 0 Å². The van der Waals surface area contributed by atoms with E-state index < -0.39 is 5.97 Å². The number of carboxylic acid groups (broad SMARTS) is 1. The van der Waals surface area contributed by atoms with Crippen molar-refractivity contribution in [2.45, 2.75) is 65.4 Å². The molecular weight excluding hydrogens is 362 g/mol. The van der Waals surface area contributed by atoms with Gasteiger partial charge in [-0.25, -0.2) is 0 Å². The van der Waals surface area contributed by atoms with Crippen LogP contribution < -0.4 is 5.32 Å². The first-order valence-electron chi connectivity index (χ1n) is 9.78. The lowest BCUT2D eigenvalue weighted by molar-refractivity contribution is -0.134. The molecule has 0 saturated heterocycles. The predicted molar refractivity (Wildman–Crippen MR) is 110 cm³/mol. The Balaban J connectivity index is 2.05. The smallest absolute Gasteiger partial charge is 0.315 e. The van der Waals surface area contributed by atoms with Crippen LogP contribution in [0, 0.1) is 11.3 Å². The number of rotatable bonds is 10. The van der Waals surface area contributed by atoms with E-state index >= 15 is 0 Å². The van der Waals surface area contributed by atoms with E-state index in [1.807, 2.05) is 24.3 Å². The van der Waals surface area contributed by atoms with Gasteiger partial charge in [-0.15, -0.1) is 0 Å². The number of carbonyl (C=O) groups excluding carboxylic acids is 1. The van der Waals surface area contributed by atoms with E-state index in [1.165, 1.54) is 6.42 Å². The van der Waals surface area contributed by atoms with Gasteiger partial charge in [0.25, 0.3) is 0 Å². The van der Waals surface area contributed by atoms with Crippen LogP contribution in [0.15, 0.2) is 24.3 Å². The number of aliphatic carboxylic acids is 1. The summed E-state index contributed by atoms with van der Waals surface area (Å²) in [5.74, 6) is -0.310. The highest BCUT2D eigenvalue weighted by Crippen LogP contribution is 2.42. The summed E-state index contributed by atoms with van der Waals surface area (Å²) in [6.07, 6.45) is 7.34. The van der Waals surface area contributed by atoms with E-state index in [0.29, 0.717) is 5.92 Å². The van der Waals surface area contributed by atoms with Crippen molar-refractivity contribution in [1.29, 1.82) is 0 Å². The lowest BCUT2D eigenvalue weighted by Crippen LogP contribution is -2.38. The van der Waals surface area contributed by atoms with Crippen LogP contribution in [0.25, 0.3) is 0 Å². The molecule has 1 aromatic rings. The summed E-state index contributed by atoms with van der Waals surface area (Å²) in [4.78, 5) is 23.8. The number of amides is 1. The van der Waals surface area contributed by atoms with Crippen LogP contribution in [0.5, 0.6) is 0 Å². The molecule has 0 unspecified atom stereocenters. The SMILES string of the molecule is CC(C)CCC1(C(=O)Nc2ccccc2COSCC(=O)O)CCCCC1. The van der Waals surface area contributed by atoms with Gasteiger partial charge in [-0.1, -0.05) is 51.3 Å². The van der Waals surface area contributed by atoms with Crippen molar-refractivity contribution in [1.82, 2.24) is 0 Å². The largest absolute Gasteiger partial charge is 0.481 e. The zero-order chi connectivity index (χ0) is 19.7. The number of benzene rings is 1. The van der Waals surface area contributed by atoms with Crippen LogP contribution in [-0.4, -0.2) is 22.7 Å². The van der Waals surface area contributed by atoms with Crippen molar-refractivity contribution in [3.05, 3.63) is 29.8 Å². The molecule has 0 radical (unpaired) electrons. The molecule has 1 aliphatic rings. The maximum Gasteiger partial charge on any atom is 0.315 e. The first-order chi connectivity index (χ1) is 12.9. The van der Waals surface area contributed by atoms with E-state index in [9.17, 15) is 9.59 Å². The number of carbonyl (C=O) groups is 2. The summed E-state index contributed by atoms with van der Waals surface area (Å²) < 4.78 is 5.39. The molecular formula is C21H31NO4S. The summed E-state index contributed by atoms with van der Waals surface area (Å²) in [7, 11) is 0. The molecule has 1 fully saturated rings. The molecule has 2 rings (SSSR count). The standard InChI is InChI=1S/C21H31NO4S/c1-16(2)10-13-21(11-6-3-7-12-21)20(25)22-18-9-5-4-8-17(18)14-26-27-15-19(23)24/h4-5,8-9,16H,3,6-7,10-15H2,1-2H3,(H,22,25)(H,23,24). The number of anilines is 1. The topological polar surface area (TPSA) is 75.6 Å². The lowest BCUT2D eigenvalue weighted by Gasteiger charge is -2.36. The molecule has 1 aliphatic carbocycles. The molecule has 0 heterocycles. The fourth-order valence-electron chi connectivity index (χ4n) is 3.60. The Morgan fingerprint density at radius 2 is 1.93 bits per heavy atom. The highest BCUT2D eigenvalue weighted by molar-refractivity contribution is 7.95. The average molecular weight is 394 g/mol. The quantitative estimate of drug-likeness (QED) is 0.419. The Morgan fingerprint density at radius 1 is 1.22 bits per heavy atom. The second-order valence-corrected chi connectivity index (χ2v) is 8.56. The Bertz CT molecular complexity index is 626. The van der Waals surface area contributed by atoms with E-state index in [2.05, 4.69) is 19.2 Å². The van der Waals surface area contributed by atoms with Crippen molar-refractivity contribution in [3.63, 3.8) is 0 Å². The monoisotopic (exact) mass is 393 g/mol. The molecule has 1 amide bonds. The highest BCUT2D eigenvalue weighted by Gasteiger charge is 2.39. The first kappa shape index (κ1) is 21.8. The van der Waals surface area contributed by atoms with Crippen LogP contribution >= 0.6 is 12.0 Å². The molecule has 27 heavy (non-hydrogen) atoms. The first-order valence-corrected chi connectivity index (χ1v) is 10.7. The molecule has 1 saturated carbocycles. The van der Waals surface area contributed by atoms with Crippen LogP contribution in [0.1, 0.15) is 64.4 Å². The summed E-state index contributed by atoms with van der Waals surface area (Å²) >= 11 is 0.910. The molecule has 5 nitrogen and oxygen atoms in total. The summed E-state index contributed by atoms with van der Waals surface area (Å²) in [6.45, 7) is 4.67. The fourth-order valence-corrected chi connectivity index (χ4v) is 4.00. The van der Waals surface area contributed by atoms with Crippen molar-refractivity contribution < 1.29 is 18.9 Å². The molecule has 6 heteroatoms. The van der Waals surface area contributed by atoms with E-state index in [4.69, 9.17) is 9.29 Å². The summed E-state index contributed by atoms with van der Waals surface area (Å²) in [5, 5.41) is 11.8. The van der Waals surface area contributed by atoms with Gasteiger partial charge in [0.1, 0.15) is 5.75 Å². The maximum atomic E-state index is 13.2. The van der Waals surface area contributed by atoms with E-state index in [0.717, 1.165) is 61.8 Å². The molecule has 1 aromatic carbocycles. The minimum atomic E-state index is -0.911. The molecule has 0 bridgehead atoms. The highest BCUT2D eigenvalue weighted by atomic mass is 32.2. The Labute approximate surface area is 166 Å². The van der Waals surface area contributed by atoms with Crippen molar-refractivity contribution >= 4 is 29.6 Å². The average Bonchev–Trinajstić information content (AvgIpc) is 2.65. The number of hydrogen-bond acceptors (Lipinski definition) is 4. The number of nitrogens with one attached hydrogen (secondary N) is 1. The molecule has 150 valence electrons. The van der Waals surface area contributed by atoms with Crippen molar-refractivity contribution in [2.24, 2.45) is 11.3 Å². The van der Waals surface area contributed by atoms with Gasteiger partial charge in [-0.2, -0.15) is 0 Å². The van der Waals surface area contributed by atoms with Gasteiger partial charge in [0.15, 0.2) is 0 Å². The fraction of sp³-hybridized carbons (Fsp3) is 0.619. The number of carboxylic acids is 1. The predicted octanol–water partition coefficient (Wildman–Crippen LogP) is 5.26. The van der Waals surface area contributed by atoms with Gasteiger partial charge < -0.3 is 14.6 Å². The summed E-state index contributed by atoms with van der Waals surface area (Å²) in [6, 6.07) is 7.58. The summed E-state index contributed by atoms with van der Waals surface area (Å²) in [5.41, 5.74) is 1.35. The molecule has 0 spiro atoms. The molecule has 0 aromatic heterocycles. The number of hydrogen-bond donors (Lipinski definition) is 2. The zero-order valence-electron chi connectivity index (χ0n) is 16.3. The normalized spacial score (nSPS) is 16.3. The minimum absolute atomic E-state index is 0.104. The van der Waals surface area contributed by atoms with Gasteiger partial charge in [-0.05, 0) is 37.7 Å². The third-order valence-electron chi connectivity index (χ3n) is 5.24. The van der Waals surface area contributed by atoms with Crippen LogP contribution in [0.4, 0.5) is 5.69 Å². The van der Waals surface area contributed by atoms with Gasteiger partial charge in [0.05, 0.1) is 6.61 Å². The van der Waals surface area contributed by atoms with Gasteiger partial charge in [0, 0.05) is 28.7 Å². The second-order valence-electron chi connectivity index (χ2n) is 7.80. The van der Waals surface area contributed by atoms with Crippen molar-refractivity contribution in [3.8, 4) is 0 Å². The third-order valence-corrected chi connectivity index (χ3v) is 5.89. The second kappa shape index (κ2) is 10.7. The van der Waals surface area contributed by atoms with E-state index in [-0.39, 0.29) is 23.7 Å². The van der Waals surface area contributed by atoms with E-state index in [1.54, 1.807) is 0 Å². The number of para-hydroxylation sites is 1. The molecule has 0 atom stereocenters. The zero-order valence-corrected chi connectivity index (χ0v) is 17.1. The van der Waals surface area contributed by atoms with Gasteiger partial charge in [0.2, 0.25) is 5.91 Å².